The summed E-state index contributed by atoms with van der Waals surface area (Å²) in [5, 5.41) is 6.71. The van der Waals surface area contributed by atoms with E-state index in [4.69, 9.17) is 15.5 Å². The summed E-state index contributed by atoms with van der Waals surface area (Å²) in [6.45, 7) is 8.58. The Morgan fingerprint density at radius 2 is 2.02 bits per heavy atom. The monoisotopic (exact) mass is 576 g/mol. The van der Waals surface area contributed by atoms with E-state index in [1.807, 2.05) is 0 Å². The van der Waals surface area contributed by atoms with E-state index in [1.54, 1.807) is 26.2 Å². The van der Waals surface area contributed by atoms with Gasteiger partial charge in [0.1, 0.15) is 35.4 Å². The molecule has 0 bridgehead atoms. The lowest BCUT2D eigenvalue weighted by Gasteiger charge is -2.34. The van der Waals surface area contributed by atoms with Gasteiger partial charge in [-0.05, 0) is 69.2 Å². The van der Waals surface area contributed by atoms with Gasteiger partial charge in [0.15, 0.2) is 0 Å². The Hall–Kier alpha value is -3.86. The maximum atomic E-state index is 13.1. The normalized spacial score (nSPS) is 16.4. The molecular weight excluding hydrogens is 535 g/mol. The van der Waals surface area contributed by atoms with Crippen molar-refractivity contribution in [1.82, 2.24) is 19.9 Å². The number of nitrogens with two attached hydrogens (primary N) is 1. The van der Waals surface area contributed by atoms with Crippen molar-refractivity contribution in [2.45, 2.75) is 76.9 Å². The van der Waals surface area contributed by atoms with Crippen molar-refractivity contribution in [3.05, 3.63) is 65.1 Å². The van der Waals surface area contributed by atoms with Gasteiger partial charge in [0.25, 0.3) is 0 Å². The lowest BCUT2D eigenvalue weighted by Crippen LogP contribution is -2.43. The van der Waals surface area contributed by atoms with E-state index in [9.17, 15) is 9.18 Å². The number of carbonyl (C=O) groups is 1. The van der Waals surface area contributed by atoms with Crippen molar-refractivity contribution >= 4 is 23.4 Å². The first-order chi connectivity index (χ1) is 20.2. The molecule has 11 heteroatoms. The van der Waals surface area contributed by atoms with Crippen LogP contribution in [-0.2, 0) is 28.8 Å². The highest BCUT2D eigenvalue weighted by molar-refractivity contribution is 5.77. The lowest BCUT2D eigenvalue weighted by atomic mass is 9.92. The molecule has 0 radical (unpaired) electrons. The third-order valence-corrected chi connectivity index (χ3v) is 7.99. The molecule has 42 heavy (non-hydrogen) atoms. The lowest BCUT2D eigenvalue weighted by molar-refractivity contribution is -0.157. The molecule has 1 fully saturated rings. The van der Waals surface area contributed by atoms with Crippen LogP contribution < -0.4 is 21.3 Å². The molecule has 1 atom stereocenters. The van der Waals surface area contributed by atoms with Gasteiger partial charge in [-0.3, -0.25) is 4.79 Å². The summed E-state index contributed by atoms with van der Waals surface area (Å²) in [5.41, 5.74) is 9.62. The van der Waals surface area contributed by atoms with Crippen LogP contribution in [0.2, 0.25) is 0 Å². The fourth-order valence-corrected chi connectivity index (χ4v) is 5.79. The van der Waals surface area contributed by atoms with E-state index in [0.29, 0.717) is 18.2 Å². The molecule has 0 unspecified atom stereocenters. The Bertz CT molecular complexity index is 1380. The zero-order valence-corrected chi connectivity index (χ0v) is 24.7. The number of ether oxygens (including phenoxy) is 1. The minimum absolute atomic E-state index is 0.163. The second-order valence-electron chi connectivity index (χ2n) is 11.7. The molecule has 4 N–H and O–H groups in total. The van der Waals surface area contributed by atoms with Gasteiger partial charge in [-0.2, -0.15) is 4.39 Å². The standard InChI is InChI=1S/C31H41FN8O2/c1-4-23-28(36-18-24(33)30(41)42-31(2,3)16-20-7-10-26(32)35-17-20)37-19-38-29(23)40-14-11-21(12-15-40)25-9-8-22-6-5-13-34-27(22)39-25/h7-10,17,19,21,24H,4-6,11-16,18,33H2,1-3H3,(H,34,39)(H,36,37,38)/t24-/m0/s1. The number of pyridine rings is 2. The summed E-state index contributed by atoms with van der Waals surface area (Å²) < 4.78 is 18.8. The molecule has 0 saturated carbocycles. The molecule has 0 aliphatic carbocycles. The Labute approximate surface area is 246 Å². The van der Waals surface area contributed by atoms with E-state index in [2.05, 4.69) is 49.5 Å². The van der Waals surface area contributed by atoms with E-state index >= 15 is 0 Å². The predicted octanol–water partition coefficient (Wildman–Crippen LogP) is 4.01. The van der Waals surface area contributed by atoms with Crippen LogP contribution in [0.15, 0.2) is 36.8 Å². The highest BCUT2D eigenvalue weighted by atomic mass is 19.1. The quantitative estimate of drug-likeness (QED) is 0.240. The van der Waals surface area contributed by atoms with Crippen molar-refractivity contribution in [2.75, 3.05) is 41.7 Å². The number of nitrogens with one attached hydrogen (secondary N) is 2. The molecule has 0 spiro atoms. The summed E-state index contributed by atoms with van der Waals surface area (Å²) in [4.78, 5) is 32.9. The number of aryl methyl sites for hydroxylation is 1. The fraction of sp³-hybridized carbons (Fsp3) is 0.516. The zero-order valence-electron chi connectivity index (χ0n) is 24.7. The Kier molecular flexibility index (Phi) is 9.15. The topological polar surface area (TPSA) is 131 Å². The zero-order chi connectivity index (χ0) is 29.7. The Morgan fingerprint density at radius 3 is 2.76 bits per heavy atom. The van der Waals surface area contributed by atoms with Crippen LogP contribution in [-0.4, -0.2) is 63.7 Å². The number of nitrogens with zero attached hydrogens (tertiary/aromatic N) is 5. The molecule has 224 valence electrons. The van der Waals surface area contributed by atoms with Crippen LogP contribution in [0.4, 0.5) is 21.8 Å². The number of hydrogen-bond donors (Lipinski definition) is 3. The van der Waals surface area contributed by atoms with Crippen molar-refractivity contribution in [3.8, 4) is 0 Å². The highest BCUT2D eigenvalue weighted by Crippen LogP contribution is 2.33. The van der Waals surface area contributed by atoms with Crippen LogP contribution in [0.1, 0.15) is 68.3 Å². The predicted molar refractivity (Wildman–Crippen MR) is 161 cm³/mol. The molecule has 5 rings (SSSR count). The van der Waals surface area contributed by atoms with Gasteiger partial charge in [-0.1, -0.05) is 19.1 Å². The Morgan fingerprint density at radius 1 is 1.21 bits per heavy atom. The second kappa shape index (κ2) is 13.0. The average Bonchev–Trinajstić information content (AvgIpc) is 3.00. The molecule has 1 saturated heterocycles. The second-order valence-corrected chi connectivity index (χ2v) is 11.7. The summed E-state index contributed by atoms with van der Waals surface area (Å²) in [6.07, 6.45) is 8.38. The molecule has 2 aliphatic rings. The van der Waals surface area contributed by atoms with E-state index in [-0.39, 0.29) is 6.54 Å². The SMILES string of the molecule is CCc1c(NC[C@H](N)C(=O)OC(C)(C)Cc2ccc(F)nc2)ncnc1N1CCC(c2ccc3c(n2)NCCC3)CC1. The molecule has 5 heterocycles. The molecule has 3 aromatic heterocycles. The van der Waals surface area contributed by atoms with E-state index < -0.39 is 23.6 Å². The van der Waals surface area contributed by atoms with Crippen LogP contribution in [0.25, 0.3) is 0 Å². The molecule has 2 aliphatic heterocycles. The number of piperidine rings is 1. The number of fused-ring (bicyclic) bond motifs is 1. The summed E-state index contributed by atoms with van der Waals surface area (Å²) in [7, 11) is 0. The number of halogens is 1. The maximum Gasteiger partial charge on any atom is 0.325 e. The van der Waals surface area contributed by atoms with Crippen molar-refractivity contribution in [1.29, 1.82) is 0 Å². The van der Waals surface area contributed by atoms with Gasteiger partial charge in [0.2, 0.25) is 5.95 Å². The summed E-state index contributed by atoms with van der Waals surface area (Å²) in [5.74, 6) is 1.99. The van der Waals surface area contributed by atoms with E-state index in [1.165, 1.54) is 23.5 Å². The first-order valence-corrected chi connectivity index (χ1v) is 14.9. The van der Waals surface area contributed by atoms with Crippen LogP contribution in [0.3, 0.4) is 0 Å². The third kappa shape index (κ3) is 7.13. The minimum Gasteiger partial charge on any atom is -0.458 e. The van der Waals surface area contributed by atoms with Gasteiger partial charge in [-0.15, -0.1) is 0 Å². The summed E-state index contributed by atoms with van der Waals surface area (Å²) in [6, 6.07) is 6.46. The van der Waals surface area contributed by atoms with Gasteiger partial charge in [-0.25, -0.2) is 19.9 Å². The number of carbonyl (C=O) groups excluding carboxylic acids is 1. The number of aromatic nitrogens is 4. The third-order valence-electron chi connectivity index (χ3n) is 7.99. The van der Waals surface area contributed by atoms with Gasteiger partial charge in [0, 0.05) is 56.0 Å². The van der Waals surface area contributed by atoms with Crippen LogP contribution >= 0.6 is 0 Å². The van der Waals surface area contributed by atoms with Gasteiger partial charge < -0.3 is 26.0 Å². The van der Waals surface area contributed by atoms with Crippen molar-refractivity contribution in [3.63, 3.8) is 0 Å². The van der Waals surface area contributed by atoms with Gasteiger partial charge >= 0.3 is 5.97 Å². The minimum atomic E-state index is -0.895. The average molecular weight is 577 g/mol. The largest absolute Gasteiger partial charge is 0.458 e. The molecular formula is C31H41FN8O2. The summed E-state index contributed by atoms with van der Waals surface area (Å²) >= 11 is 0. The number of rotatable bonds is 10. The first kappa shape index (κ1) is 29.6. The number of hydrogen-bond acceptors (Lipinski definition) is 10. The molecule has 0 amide bonds. The maximum absolute atomic E-state index is 13.1. The molecule has 3 aromatic rings. The van der Waals surface area contributed by atoms with Crippen LogP contribution in [0.5, 0.6) is 0 Å². The smallest absolute Gasteiger partial charge is 0.325 e. The first-order valence-electron chi connectivity index (χ1n) is 14.9. The van der Waals surface area contributed by atoms with Crippen LogP contribution in [0, 0.1) is 5.95 Å². The molecule has 0 aromatic carbocycles. The fourth-order valence-electron chi connectivity index (χ4n) is 5.79. The number of anilines is 3. The van der Waals surface area contributed by atoms with E-state index in [0.717, 1.165) is 74.5 Å². The van der Waals surface area contributed by atoms with Crippen molar-refractivity contribution in [2.24, 2.45) is 5.73 Å². The Balaban J connectivity index is 1.17. The molecule has 10 nitrogen and oxygen atoms in total. The van der Waals surface area contributed by atoms with Crippen molar-refractivity contribution < 1.29 is 13.9 Å². The number of esters is 1. The highest BCUT2D eigenvalue weighted by Gasteiger charge is 2.28. The van der Waals surface area contributed by atoms with Gasteiger partial charge in [0.05, 0.1) is 0 Å².